The highest BCUT2D eigenvalue weighted by atomic mass is 79.9. The minimum atomic E-state index is 0. The fourth-order valence-electron chi connectivity index (χ4n) is 2.41. The van der Waals surface area contributed by atoms with Crippen molar-refractivity contribution in [2.75, 3.05) is 26.7 Å². The number of nitrogens with zero attached hydrogens (tertiary/aromatic N) is 2. The van der Waals surface area contributed by atoms with Gasteiger partial charge in [0.2, 0.25) is 0 Å². The zero-order valence-corrected chi connectivity index (χ0v) is 15.0. The van der Waals surface area contributed by atoms with Crippen LogP contribution in [0, 0.1) is 5.92 Å². The lowest BCUT2D eigenvalue weighted by Crippen LogP contribution is -2.36. The number of hydrogen-bond donors (Lipinski definition) is 1. The molecule has 1 aromatic heterocycles. The first-order valence-electron chi connectivity index (χ1n) is 6.36. The van der Waals surface area contributed by atoms with E-state index in [0.29, 0.717) is 0 Å². The Morgan fingerprint density at radius 1 is 1.37 bits per heavy atom. The summed E-state index contributed by atoms with van der Waals surface area (Å²) in [5.41, 5.74) is 1.13. The van der Waals surface area contributed by atoms with Gasteiger partial charge in [0.25, 0.3) is 0 Å². The smallest absolute Gasteiger partial charge is 0.0686 e. The second-order valence-electron chi connectivity index (χ2n) is 4.86. The fraction of sp³-hybridized carbons (Fsp3) is 0.615. The molecule has 0 saturated carbocycles. The Morgan fingerprint density at radius 3 is 2.63 bits per heavy atom. The summed E-state index contributed by atoms with van der Waals surface area (Å²) in [6.45, 7) is 4.45. The molecule has 108 valence electrons. The van der Waals surface area contributed by atoms with Gasteiger partial charge >= 0.3 is 0 Å². The van der Waals surface area contributed by atoms with Crippen LogP contribution < -0.4 is 5.32 Å². The molecular weight excluding hydrogens is 393 g/mol. The molecule has 0 spiro atoms. The lowest BCUT2D eigenvalue weighted by Gasteiger charge is -2.31. The Hall–Kier alpha value is 0.320. The van der Waals surface area contributed by atoms with Crippen molar-refractivity contribution in [3.63, 3.8) is 0 Å². The number of halogens is 3. The normalized spacial score (nSPS) is 17.2. The maximum absolute atomic E-state index is 4.48. The van der Waals surface area contributed by atoms with Gasteiger partial charge in [0.15, 0.2) is 0 Å². The summed E-state index contributed by atoms with van der Waals surface area (Å²) in [7, 11) is 2.04. The summed E-state index contributed by atoms with van der Waals surface area (Å²) < 4.78 is 2.11. The SMILES string of the molecule is CNCC1CCN(Cc2ncc(Br)cc2Br)CC1.Cl. The lowest BCUT2D eigenvalue weighted by atomic mass is 9.97. The van der Waals surface area contributed by atoms with Crippen LogP contribution in [-0.4, -0.2) is 36.6 Å². The van der Waals surface area contributed by atoms with E-state index in [1.807, 2.05) is 13.2 Å². The van der Waals surface area contributed by atoms with Gasteiger partial charge in [-0.25, -0.2) is 0 Å². The van der Waals surface area contributed by atoms with Crippen LogP contribution in [0.2, 0.25) is 0 Å². The summed E-state index contributed by atoms with van der Waals surface area (Å²) in [5.74, 6) is 0.840. The van der Waals surface area contributed by atoms with E-state index >= 15 is 0 Å². The molecule has 1 aliphatic rings. The molecule has 0 atom stereocenters. The van der Waals surface area contributed by atoms with Gasteiger partial charge < -0.3 is 5.32 Å². The van der Waals surface area contributed by atoms with Gasteiger partial charge in [-0.15, -0.1) is 12.4 Å². The first-order valence-corrected chi connectivity index (χ1v) is 7.94. The third-order valence-electron chi connectivity index (χ3n) is 3.46. The highest BCUT2D eigenvalue weighted by molar-refractivity contribution is 9.11. The highest BCUT2D eigenvalue weighted by Crippen LogP contribution is 2.23. The highest BCUT2D eigenvalue weighted by Gasteiger charge is 2.19. The Bertz CT molecular complexity index is 395. The van der Waals surface area contributed by atoms with Crippen molar-refractivity contribution in [1.29, 1.82) is 0 Å². The van der Waals surface area contributed by atoms with E-state index in [2.05, 4.69) is 53.1 Å². The van der Waals surface area contributed by atoms with Crippen molar-refractivity contribution in [2.45, 2.75) is 19.4 Å². The Kier molecular flexibility index (Phi) is 7.84. The average Bonchev–Trinajstić information content (AvgIpc) is 2.35. The summed E-state index contributed by atoms with van der Waals surface area (Å²) >= 11 is 7.02. The maximum Gasteiger partial charge on any atom is 0.0686 e. The number of piperidine rings is 1. The molecule has 2 rings (SSSR count). The monoisotopic (exact) mass is 411 g/mol. The van der Waals surface area contributed by atoms with Crippen molar-refractivity contribution in [3.8, 4) is 0 Å². The first kappa shape index (κ1) is 17.4. The van der Waals surface area contributed by atoms with Crippen LogP contribution in [0.5, 0.6) is 0 Å². The molecule has 19 heavy (non-hydrogen) atoms. The van der Waals surface area contributed by atoms with E-state index in [9.17, 15) is 0 Å². The molecule has 1 saturated heterocycles. The molecule has 1 fully saturated rings. The predicted octanol–water partition coefficient (Wildman–Crippen LogP) is 3.46. The largest absolute Gasteiger partial charge is 0.319 e. The van der Waals surface area contributed by atoms with Gasteiger partial charge in [0.05, 0.1) is 5.69 Å². The van der Waals surface area contributed by atoms with Gasteiger partial charge in [0, 0.05) is 21.7 Å². The number of rotatable bonds is 4. The van der Waals surface area contributed by atoms with E-state index in [1.165, 1.54) is 25.9 Å². The van der Waals surface area contributed by atoms with Crippen molar-refractivity contribution in [1.82, 2.24) is 15.2 Å². The Morgan fingerprint density at radius 2 is 2.05 bits per heavy atom. The molecule has 0 aromatic carbocycles. The minimum Gasteiger partial charge on any atom is -0.319 e. The number of hydrogen-bond acceptors (Lipinski definition) is 3. The van der Waals surface area contributed by atoms with Gasteiger partial charge in [-0.05, 0) is 83.4 Å². The summed E-state index contributed by atoms with van der Waals surface area (Å²) in [6, 6.07) is 2.07. The molecule has 1 aliphatic heterocycles. The lowest BCUT2D eigenvalue weighted by molar-refractivity contribution is 0.175. The zero-order chi connectivity index (χ0) is 13.0. The third kappa shape index (κ3) is 5.31. The van der Waals surface area contributed by atoms with E-state index in [4.69, 9.17) is 0 Å². The van der Waals surface area contributed by atoms with Crippen LogP contribution in [0.25, 0.3) is 0 Å². The van der Waals surface area contributed by atoms with E-state index in [-0.39, 0.29) is 12.4 Å². The second kappa shape index (κ2) is 8.57. The van der Waals surface area contributed by atoms with Crippen LogP contribution in [0.1, 0.15) is 18.5 Å². The predicted molar refractivity (Wildman–Crippen MR) is 88.8 cm³/mol. The molecule has 0 radical (unpaired) electrons. The van der Waals surface area contributed by atoms with Crippen LogP contribution in [0.3, 0.4) is 0 Å². The zero-order valence-electron chi connectivity index (χ0n) is 11.0. The van der Waals surface area contributed by atoms with Crippen molar-refractivity contribution < 1.29 is 0 Å². The molecule has 0 amide bonds. The summed E-state index contributed by atoms with van der Waals surface area (Å²) in [4.78, 5) is 6.97. The molecule has 2 heterocycles. The molecule has 3 nitrogen and oxygen atoms in total. The van der Waals surface area contributed by atoms with Crippen molar-refractivity contribution >= 4 is 44.3 Å². The summed E-state index contributed by atoms with van der Waals surface area (Å²) in [5, 5.41) is 3.27. The number of nitrogens with one attached hydrogen (secondary N) is 1. The Balaban J connectivity index is 0.00000180. The molecule has 1 N–H and O–H groups in total. The van der Waals surface area contributed by atoms with Gasteiger partial charge in [0.1, 0.15) is 0 Å². The second-order valence-corrected chi connectivity index (χ2v) is 6.63. The number of aromatic nitrogens is 1. The standard InChI is InChI=1S/C13H19Br2N3.ClH/c1-16-7-10-2-4-18(5-3-10)9-13-12(15)6-11(14)8-17-13;/h6,8,10,16H,2-5,7,9H2,1H3;1H. The van der Waals surface area contributed by atoms with Crippen LogP contribution in [0.15, 0.2) is 21.2 Å². The van der Waals surface area contributed by atoms with Gasteiger partial charge in [-0.3, -0.25) is 9.88 Å². The maximum atomic E-state index is 4.48. The van der Waals surface area contributed by atoms with Crippen molar-refractivity contribution in [3.05, 3.63) is 26.9 Å². The van der Waals surface area contributed by atoms with E-state index in [1.54, 1.807) is 0 Å². The number of pyridine rings is 1. The number of likely N-dealkylation sites (tertiary alicyclic amines) is 1. The Labute approximate surface area is 138 Å². The quantitative estimate of drug-likeness (QED) is 0.819. The topological polar surface area (TPSA) is 28.2 Å². The molecular formula is C13H20Br2ClN3. The third-order valence-corrected chi connectivity index (χ3v) is 4.58. The van der Waals surface area contributed by atoms with Crippen LogP contribution in [-0.2, 0) is 6.54 Å². The molecule has 6 heteroatoms. The fourth-order valence-corrected chi connectivity index (χ4v) is 3.52. The van der Waals surface area contributed by atoms with E-state index in [0.717, 1.165) is 33.6 Å². The van der Waals surface area contributed by atoms with Gasteiger partial charge in [-0.2, -0.15) is 0 Å². The van der Waals surface area contributed by atoms with Crippen LogP contribution >= 0.6 is 44.3 Å². The van der Waals surface area contributed by atoms with E-state index < -0.39 is 0 Å². The summed E-state index contributed by atoms with van der Waals surface area (Å²) in [6.07, 6.45) is 4.44. The molecule has 0 bridgehead atoms. The molecule has 0 unspecified atom stereocenters. The van der Waals surface area contributed by atoms with Crippen LogP contribution in [0.4, 0.5) is 0 Å². The minimum absolute atomic E-state index is 0. The van der Waals surface area contributed by atoms with Gasteiger partial charge in [-0.1, -0.05) is 0 Å². The first-order chi connectivity index (χ1) is 8.69. The molecule has 0 aliphatic carbocycles. The van der Waals surface area contributed by atoms with Crippen molar-refractivity contribution in [2.24, 2.45) is 5.92 Å². The molecule has 1 aromatic rings. The average molecular weight is 414 g/mol.